The van der Waals surface area contributed by atoms with E-state index >= 15 is 0 Å². The van der Waals surface area contributed by atoms with Crippen molar-refractivity contribution in [3.63, 3.8) is 0 Å². The number of rotatable bonds is 3. The number of nitrogens with zero attached hydrogens (tertiary/aromatic N) is 2. The fraction of sp³-hybridized carbons (Fsp3) is 0.182. The van der Waals surface area contributed by atoms with Gasteiger partial charge in [0.15, 0.2) is 0 Å². The summed E-state index contributed by atoms with van der Waals surface area (Å²) in [6, 6.07) is 7.16. The molecule has 0 aliphatic rings. The van der Waals surface area contributed by atoms with Gasteiger partial charge in [-0.05, 0) is 19.1 Å². The zero-order valence-corrected chi connectivity index (χ0v) is 8.65. The van der Waals surface area contributed by atoms with Crippen LogP contribution in [0, 0.1) is 12.1 Å². The van der Waals surface area contributed by atoms with Crippen LogP contribution in [-0.4, -0.2) is 27.8 Å². The molecule has 1 N–H and O–H groups in total. The Balaban J connectivity index is 2.23. The van der Waals surface area contributed by atoms with Crippen LogP contribution in [0.3, 0.4) is 0 Å². The number of nitrogens with one attached hydrogen (secondary N) is 1. The Labute approximate surface area is 92.5 Å². The lowest BCUT2D eigenvalue weighted by molar-refractivity contribution is 0.0519. The molecule has 0 aliphatic heterocycles. The number of aromatic amines is 1. The number of ether oxygens (including phenoxy) is 1. The molecular weight excluding hydrogens is 206 g/mol. The topological polar surface area (TPSA) is 67.9 Å². The molecule has 0 saturated heterocycles. The first-order valence-electron chi connectivity index (χ1n) is 4.77. The van der Waals surface area contributed by atoms with Crippen molar-refractivity contribution in [2.24, 2.45) is 0 Å². The molecule has 2 aromatic heterocycles. The second-order valence-electron chi connectivity index (χ2n) is 2.98. The van der Waals surface area contributed by atoms with E-state index < -0.39 is 5.97 Å². The predicted molar refractivity (Wildman–Crippen MR) is 55.4 cm³/mol. The largest absolute Gasteiger partial charge is 0.461 e. The van der Waals surface area contributed by atoms with Gasteiger partial charge in [0, 0.05) is 6.20 Å². The van der Waals surface area contributed by atoms with Gasteiger partial charge in [-0.1, -0.05) is 6.07 Å². The Morgan fingerprint density at radius 1 is 1.62 bits per heavy atom. The van der Waals surface area contributed by atoms with Crippen LogP contribution in [0.1, 0.15) is 17.4 Å². The van der Waals surface area contributed by atoms with Crippen LogP contribution in [-0.2, 0) is 4.74 Å². The Kier molecular flexibility index (Phi) is 2.83. The van der Waals surface area contributed by atoms with E-state index in [0.29, 0.717) is 23.6 Å². The Hall–Kier alpha value is -2.35. The van der Waals surface area contributed by atoms with Crippen molar-refractivity contribution < 1.29 is 9.53 Å². The molecule has 16 heavy (non-hydrogen) atoms. The van der Waals surface area contributed by atoms with Crippen LogP contribution in [0.15, 0.2) is 18.5 Å². The number of aromatic nitrogens is 3. The summed E-state index contributed by atoms with van der Waals surface area (Å²) in [4.78, 5) is 15.3. The third kappa shape index (κ3) is 2.01. The molecule has 0 aliphatic carbocycles. The van der Waals surface area contributed by atoms with Gasteiger partial charge in [-0.15, -0.1) is 0 Å². The summed E-state index contributed by atoms with van der Waals surface area (Å²) in [5.74, 6) is -0.422. The molecule has 2 rings (SSSR count). The van der Waals surface area contributed by atoms with Gasteiger partial charge in [0.2, 0.25) is 0 Å². The van der Waals surface area contributed by atoms with E-state index in [1.165, 1.54) is 6.20 Å². The predicted octanol–water partition coefficient (Wildman–Crippen LogP) is 1.25. The molecule has 5 nitrogen and oxygen atoms in total. The van der Waals surface area contributed by atoms with Crippen molar-refractivity contribution in [3.8, 4) is 11.3 Å². The molecule has 0 unspecified atom stereocenters. The standard InChI is InChI=1S/C11H9N3O2/c1-2-16-11(15)10-6-9(13-14-10)8-4-3-5-12-7-8/h5-7H,2H2,1H3,(H,13,14). The Morgan fingerprint density at radius 3 is 3.19 bits per heavy atom. The molecule has 5 heteroatoms. The molecule has 0 aromatic carbocycles. The maximum Gasteiger partial charge on any atom is 0.356 e. The molecule has 0 amide bonds. The fourth-order valence-electron chi connectivity index (χ4n) is 1.19. The van der Waals surface area contributed by atoms with Crippen LogP contribution in [0.4, 0.5) is 0 Å². The molecule has 80 valence electrons. The maximum absolute atomic E-state index is 11.4. The van der Waals surface area contributed by atoms with Crippen LogP contribution in [0.2, 0.25) is 0 Å². The second-order valence-corrected chi connectivity index (χ2v) is 2.98. The highest BCUT2D eigenvalue weighted by Crippen LogP contribution is 2.14. The second kappa shape index (κ2) is 4.45. The van der Waals surface area contributed by atoms with Gasteiger partial charge in [0.05, 0.1) is 18.4 Å². The zero-order chi connectivity index (χ0) is 11.4. The summed E-state index contributed by atoms with van der Waals surface area (Å²) in [6.45, 7) is 2.08. The highest BCUT2D eigenvalue weighted by molar-refractivity contribution is 5.88. The molecular formula is C11H9N3O2. The van der Waals surface area contributed by atoms with E-state index in [1.807, 2.05) is 0 Å². The third-order valence-corrected chi connectivity index (χ3v) is 1.90. The van der Waals surface area contributed by atoms with Crippen molar-refractivity contribution in [1.29, 1.82) is 0 Å². The van der Waals surface area contributed by atoms with E-state index in [1.54, 1.807) is 19.2 Å². The summed E-state index contributed by atoms with van der Waals surface area (Å²) in [7, 11) is 0. The first-order valence-corrected chi connectivity index (χ1v) is 4.77. The maximum atomic E-state index is 11.4. The highest BCUT2D eigenvalue weighted by Gasteiger charge is 2.11. The van der Waals surface area contributed by atoms with Gasteiger partial charge in [0.1, 0.15) is 11.4 Å². The SMILES string of the molecule is CCOC(=O)c1cc(-c2c#ccnc2)n[nH]1. The highest BCUT2D eigenvalue weighted by atomic mass is 16.5. The van der Waals surface area contributed by atoms with Gasteiger partial charge >= 0.3 is 5.97 Å². The van der Waals surface area contributed by atoms with Gasteiger partial charge < -0.3 is 4.74 Å². The average Bonchev–Trinajstić information content (AvgIpc) is 2.80. The molecule has 0 fully saturated rings. The summed E-state index contributed by atoms with van der Waals surface area (Å²) in [6.07, 6.45) is 3.10. The van der Waals surface area contributed by atoms with Crippen LogP contribution in [0.5, 0.6) is 0 Å². The molecule has 0 radical (unpaired) electrons. The number of carbonyl (C=O) groups excluding carboxylic acids is 1. The molecule has 0 spiro atoms. The number of hydrogen-bond donors (Lipinski definition) is 1. The van der Waals surface area contributed by atoms with E-state index in [4.69, 9.17) is 4.74 Å². The van der Waals surface area contributed by atoms with Crippen LogP contribution in [0.25, 0.3) is 11.3 Å². The van der Waals surface area contributed by atoms with Crippen molar-refractivity contribution in [1.82, 2.24) is 15.2 Å². The van der Waals surface area contributed by atoms with Gasteiger partial charge in [-0.2, -0.15) is 5.10 Å². The third-order valence-electron chi connectivity index (χ3n) is 1.90. The lowest BCUT2D eigenvalue weighted by Crippen LogP contribution is -2.04. The quantitative estimate of drug-likeness (QED) is 0.782. The fourth-order valence-corrected chi connectivity index (χ4v) is 1.19. The van der Waals surface area contributed by atoms with Crippen molar-refractivity contribution in [2.75, 3.05) is 6.61 Å². The summed E-state index contributed by atoms with van der Waals surface area (Å²) in [5.41, 5.74) is 1.58. The van der Waals surface area contributed by atoms with E-state index in [0.717, 1.165) is 0 Å². The van der Waals surface area contributed by atoms with E-state index in [9.17, 15) is 4.79 Å². The number of hydrogen-bond acceptors (Lipinski definition) is 4. The van der Waals surface area contributed by atoms with E-state index in [2.05, 4.69) is 27.3 Å². The normalized spacial score (nSPS) is 9.56. The minimum absolute atomic E-state index is 0.314. The summed E-state index contributed by atoms with van der Waals surface area (Å²) >= 11 is 0. The van der Waals surface area contributed by atoms with Crippen LogP contribution >= 0.6 is 0 Å². The number of H-pyrrole nitrogens is 1. The molecule has 0 bridgehead atoms. The summed E-state index contributed by atoms with van der Waals surface area (Å²) in [5, 5.41) is 6.58. The van der Waals surface area contributed by atoms with Gasteiger partial charge in [0.25, 0.3) is 0 Å². The van der Waals surface area contributed by atoms with Crippen molar-refractivity contribution in [2.45, 2.75) is 6.92 Å². The lowest BCUT2D eigenvalue weighted by Gasteiger charge is -1.95. The number of esters is 1. The number of carbonyl (C=O) groups is 1. The summed E-state index contributed by atoms with van der Waals surface area (Å²) < 4.78 is 4.83. The van der Waals surface area contributed by atoms with Gasteiger partial charge in [-0.3, -0.25) is 10.1 Å². The molecule has 2 heterocycles. The molecule has 2 aromatic rings. The minimum atomic E-state index is -0.422. The van der Waals surface area contributed by atoms with Crippen LogP contribution < -0.4 is 0 Å². The minimum Gasteiger partial charge on any atom is -0.461 e. The van der Waals surface area contributed by atoms with E-state index in [-0.39, 0.29) is 0 Å². The first-order chi connectivity index (χ1) is 7.81. The van der Waals surface area contributed by atoms with Gasteiger partial charge in [-0.25, -0.2) is 4.79 Å². The van der Waals surface area contributed by atoms with Crippen molar-refractivity contribution >= 4 is 5.97 Å². The smallest absolute Gasteiger partial charge is 0.356 e. The monoisotopic (exact) mass is 215 g/mol. The lowest BCUT2D eigenvalue weighted by atomic mass is 10.2. The molecule has 0 saturated carbocycles. The average molecular weight is 215 g/mol. The Bertz CT molecular complexity index is 479. The zero-order valence-electron chi connectivity index (χ0n) is 8.65. The van der Waals surface area contributed by atoms with Crippen molar-refractivity contribution in [3.05, 3.63) is 36.3 Å². The first kappa shape index (κ1) is 10.2. The molecule has 0 atom stereocenters. The Morgan fingerprint density at radius 2 is 2.50 bits per heavy atom.